The molecule has 0 aromatic heterocycles. The largest absolute Gasteiger partial charge is 0.508 e. The number of fused-ring (bicyclic) bond motifs is 1. The Balaban J connectivity index is 2.01. The molecular formula is C16H26N2O. The number of benzene rings is 1. The van der Waals surface area contributed by atoms with E-state index in [0.717, 1.165) is 26.1 Å². The molecule has 1 atom stereocenters. The lowest BCUT2D eigenvalue weighted by molar-refractivity contribution is 0.196. The third-order valence-corrected chi connectivity index (χ3v) is 4.07. The van der Waals surface area contributed by atoms with E-state index in [1.807, 2.05) is 12.1 Å². The molecule has 106 valence electrons. The molecule has 0 spiro atoms. The van der Waals surface area contributed by atoms with E-state index in [-0.39, 0.29) is 0 Å². The molecule has 0 amide bonds. The van der Waals surface area contributed by atoms with Crippen molar-refractivity contribution in [1.82, 2.24) is 9.80 Å². The second kappa shape index (κ2) is 6.40. The fourth-order valence-corrected chi connectivity index (χ4v) is 3.09. The Kier molecular flexibility index (Phi) is 4.83. The minimum Gasteiger partial charge on any atom is -0.508 e. The van der Waals surface area contributed by atoms with E-state index in [1.54, 1.807) is 0 Å². The van der Waals surface area contributed by atoms with Gasteiger partial charge in [-0.15, -0.1) is 0 Å². The smallest absolute Gasteiger partial charge is 0.115 e. The first kappa shape index (κ1) is 14.4. The van der Waals surface area contributed by atoms with Crippen LogP contribution in [0.25, 0.3) is 0 Å². The summed E-state index contributed by atoms with van der Waals surface area (Å²) in [6, 6.07) is 6.41. The zero-order chi connectivity index (χ0) is 13.8. The van der Waals surface area contributed by atoms with E-state index < -0.39 is 0 Å². The Bertz CT molecular complexity index is 417. The monoisotopic (exact) mass is 262 g/mol. The van der Waals surface area contributed by atoms with Crippen LogP contribution in [0.5, 0.6) is 5.75 Å². The molecule has 3 heteroatoms. The number of hydrogen-bond donors (Lipinski definition) is 1. The van der Waals surface area contributed by atoms with Crippen LogP contribution >= 0.6 is 0 Å². The Morgan fingerprint density at radius 3 is 2.74 bits per heavy atom. The fourth-order valence-electron chi connectivity index (χ4n) is 3.09. The maximum atomic E-state index is 9.56. The van der Waals surface area contributed by atoms with Crippen molar-refractivity contribution < 1.29 is 5.11 Å². The standard InChI is InChI=1S/C16H26N2O/c1-4-18(11-5-10-17(2)3)16-9-6-13-12-14(19)7-8-15(13)16/h7-8,12,16,19H,4-6,9-11H2,1-3H3. The molecule has 0 bridgehead atoms. The van der Waals surface area contributed by atoms with Crippen molar-refractivity contribution in [2.24, 2.45) is 0 Å². The molecule has 2 rings (SSSR count). The van der Waals surface area contributed by atoms with E-state index in [2.05, 4.69) is 36.9 Å². The zero-order valence-corrected chi connectivity index (χ0v) is 12.4. The van der Waals surface area contributed by atoms with Crippen molar-refractivity contribution in [3.8, 4) is 5.75 Å². The van der Waals surface area contributed by atoms with Gasteiger partial charge in [0, 0.05) is 6.04 Å². The van der Waals surface area contributed by atoms with Crippen LogP contribution in [0.3, 0.4) is 0 Å². The Hall–Kier alpha value is -1.06. The normalized spacial score (nSPS) is 18.3. The van der Waals surface area contributed by atoms with Crippen molar-refractivity contribution in [2.75, 3.05) is 33.7 Å². The summed E-state index contributed by atoms with van der Waals surface area (Å²) in [6.45, 7) is 5.64. The summed E-state index contributed by atoms with van der Waals surface area (Å²) >= 11 is 0. The zero-order valence-electron chi connectivity index (χ0n) is 12.4. The van der Waals surface area contributed by atoms with E-state index in [9.17, 15) is 5.11 Å². The highest BCUT2D eigenvalue weighted by Gasteiger charge is 2.26. The fraction of sp³-hybridized carbons (Fsp3) is 0.625. The lowest BCUT2D eigenvalue weighted by Crippen LogP contribution is -2.30. The van der Waals surface area contributed by atoms with Crippen LogP contribution in [0.2, 0.25) is 0 Å². The number of phenols is 1. The molecule has 1 aliphatic rings. The van der Waals surface area contributed by atoms with Crippen molar-refractivity contribution in [3.05, 3.63) is 29.3 Å². The van der Waals surface area contributed by atoms with Gasteiger partial charge in [0.05, 0.1) is 0 Å². The summed E-state index contributed by atoms with van der Waals surface area (Å²) < 4.78 is 0. The first-order valence-electron chi connectivity index (χ1n) is 7.32. The van der Waals surface area contributed by atoms with Crippen molar-refractivity contribution in [2.45, 2.75) is 32.2 Å². The SMILES string of the molecule is CCN(CCCN(C)C)C1CCc2cc(O)ccc21. The van der Waals surface area contributed by atoms with Gasteiger partial charge in [0.15, 0.2) is 0 Å². The van der Waals surface area contributed by atoms with Crippen LogP contribution in [0.4, 0.5) is 0 Å². The predicted molar refractivity (Wildman–Crippen MR) is 79.6 cm³/mol. The van der Waals surface area contributed by atoms with Crippen molar-refractivity contribution in [1.29, 1.82) is 0 Å². The van der Waals surface area contributed by atoms with Gasteiger partial charge >= 0.3 is 0 Å². The summed E-state index contributed by atoms with van der Waals surface area (Å²) in [7, 11) is 4.26. The second-order valence-electron chi connectivity index (χ2n) is 5.72. The summed E-state index contributed by atoms with van der Waals surface area (Å²) in [6.07, 6.45) is 3.50. The van der Waals surface area contributed by atoms with Crippen LogP contribution in [-0.4, -0.2) is 48.6 Å². The number of nitrogens with zero attached hydrogens (tertiary/aromatic N) is 2. The van der Waals surface area contributed by atoms with Gasteiger partial charge in [0.1, 0.15) is 5.75 Å². The molecular weight excluding hydrogens is 236 g/mol. The molecule has 0 radical (unpaired) electrons. The Morgan fingerprint density at radius 2 is 2.05 bits per heavy atom. The number of rotatable bonds is 6. The average molecular weight is 262 g/mol. The van der Waals surface area contributed by atoms with Crippen molar-refractivity contribution >= 4 is 0 Å². The number of aromatic hydroxyl groups is 1. The lowest BCUT2D eigenvalue weighted by Gasteiger charge is -2.28. The summed E-state index contributed by atoms with van der Waals surface area (Å²) in [4.78, 5) is 4.82. The maximum absolute atomic E-state index is 9.56. The van der Waals surface area contributed by atoms with E-state index in [0.29, 0.717) is 11.8 Å². The Morgan fingerprint density at radius 1 is 1.26 bits per heavy atom. The Labute approximate surface area is 116 Å². The van der Waals surface area contributed by atoms with Gasteiger partial charge in [-0.2, -0.15) is 0 Å². The highest BCUT2D eigenvalue weighted by Crippen LogP contribution is 2.37. The van der Waals surface area contributed by atoms with Gasteiger partial charge in [-0.1, -0.05) is 13.0 Å². The van der Waals surface area contributed by atoms with Gasteiger partial charge in [-0.3, -0.25) is 4.90 Å². The topological polar surface area (TPSA) is 26.7 Å². The van der Waals surface area contributed by atoms with Gasteiger partial charge < -0.3 is 10.0 Å². The summed E-state index contributed by atoms with van der Waals surface area (Å²) in [5.74, 6) is 0.398. The molecule has 3 nitrogen and oxygen atoms in total. The van der Waals surface area contributed by atoms with E-state index >= 15 is 0 Å². The van der Waals surface area contributed by atoms with Crippen LogP contribution in [-0.2, 0) is 6.42 Å². The first-order valence-corrected chi connectivity index (χ1v) is 7.32. The second-order valence-corrected chi connectivity index (χ2v) is 5.72. The van der Waals surface area contributed by atoms with Crippen molar-refractivity contribution in [3.63, 3.8) is 0 Å². The number of hydrogen-bond acceptors (Lipinski definition) is 3. The van der Waals surface area contributed by atoms with E-state index in [1.165, 1.54) is 24.0 Å². The quantitative estimate of drug-likeness (QED) is 0.854. The first-order chi connectivity index (χ1) is 9.11. The highest BCUT2D eigenvalue weighted by atomic mass is 16.3. The molecule has 1 aliphatic carbocycles. The molecule has 1 N–H and O–H groups in total. The molecule has 0 saturated heterocycles. The molecule has 0 aliphatic heterocycles. The summed E-state index contributed by atoms with van der Waals surface area (Å²) in [5.41, 5.74) is 2.75. The lowest BCUT2D eigenvalue weighted by atomic mass is 10.1. The van der Waals surface area contributed by atoms with E-state index in [4.69, 9.17) is 0 Å². The predicted octanol–water partition coefficient (Wildman–Crippen LogP) is 2.65. The van der Waals surface area contributed by atoms with Crippen LogP contribution in [0.15, 0.2) is 18.2 Å². The van der Waals surface area contributed by atoms with Crippen LogP contribution in [0.1, 0.15) is 36.9 Å². The molecule has 19 heavy (non-hydrogen) atoms. The van der Waals surface area contributed by atoms with Gasteiger partial charge in [0.25, 0.3) is 0 Å². The van der Waals surface area contributed by atoms with Gasteiger partial charge in [0.2, 0.25) is 0 Å². The molecule has 0 saturated carbocycles. The number of phenolic OH excluding ortho intramolecular Hbond substituents is 1. The molecule has 1 aromatic rings. The average Bonchev–Trinajstić information content (AvgIpc) is 2.77. The van der Waals surface area contributed by atoms with Gasteiger partial charge in [-0.25, -0.2) is 0 Å². The van der Waals surface area contributed by atoms with Gasteiger partial charge in [-0.05, 0) is 76.3 Å². The minimum absolute atomic E-state index is 0.398. The third kappa shape index (κ3) is 3.48. The molecule has 1 unspecified atom stereocenters. The minimum atomic E-state index is 0.398. The highest BCUT2D eigenvalue weighted by molar-refractivity contribution is 5.40. The number of aryl methyl sites for hydroxylation is 1. The van der Waals surface area contributed by atoms with Crippen LogP contribution < -0.4 is 0 Å². The van der Waals surface area contributed by atoms with Crippen LogP contribution in [0, 0.1) is 0 Å². The molecule has 0 fully saturated rings. The maximum Gasteiger partial charge on any atom is 0.115 e. The third-order valence-electron chi connectivity index (χ3n) is 4.07. The molecule has 1 aromatic carbocycles. The summed E-state index contributed by atoms with van der Waals surface area (Å²) in [5, 5.41) is 9.56. The molecule has 0 heterocycles.